The lowest BCUT2D eigenvalue weighted by atomic mass is 9.92. The fourth-order valence-corrected chi connectivity index (χ4v) is 2.28. The Bertz CT molecular complexity index is 265. The fourth-order valence-electron chi connectivity index (χ4n) is 1.56. The van der Waals surface area contributed by atoms with Crippen molar-refractivity contribution in [3.05, 3.63) is 22.4 Å². The van der Waals surface area contributed by atoms with E-state index in [-0.39, 0.29) is 0 Å². The molecular formula is C12H20O2S. The van der Waals surface area contributed by atoms with Crippen LogP contribution in [0.4, 0.5) is 0 Å². The van der Waals surface area contributed by atoms with E-state index in [1.165, 1.54) is 4.88 Å². The Morgan fingerprint density at radius 3 is 2.80 bits per heavy atom. The van der Waals surface area contributed by atoms with Gasteiger partial charge in [0, 0.05) is 12.0 Å². The van der Waals surface area contributed by atoms with Gasteiger partial charge in [-0.1, -0.05) is 13.0 Å². The molecule has 2 nitrogen and oxygen atoms in total. The Balaban J connectivity index is 2.44. The minimum Gasteiger partial charge on any atom is -0.390 e. The normalized spacial score (nSPS) is 17.3. The van der Waals surface area contributed by atoms with E-state index in [4.69, 9.17) is 4.74 Å². The predicted molar refractivity (Wildman–Crippen MR) is 64.4 cm³/mol. The van der Waals surface area contributed by atoms with Gasteiger partial charge in [-0.05, 0) is 37.6 Å². The van der Waals surface area contributed by atoms with Gasteiger partial charge >= 0.3 is 0 Å². The van der Waals surface area contributed by atoms with Gasteiger partial charge < -0.3 is 9.84 Å². The monoisotopic (exact) mass is 228 g/mol. The predicted octanol–water partition coefficient (Wildman–Crippen LogP) is 2.86. The third-order valence-electron chi connectivity index (χ3n) is 3.12. The largest absolute Gasteiger partial charge is 0.390 e. The van der Waals surface area contributed by atoms with Gasteiger partial charge in [-0.25, -0.2) is 0 Å². The molecule has 0 saturated carbocycles. The zero-order valence-electron chi connectivity index (χ0n) is 9.69. The number of thiophene rings is 1. The van der Waals surface area contributed by atoms with Gasteiger partial charge in [0.25, 0.3) is 0 Å². The molecule has 0 aliphatic heterocycles. The van der Waals surface area contributed by atoms with Crippen LogP contribution in [0.1, 0.15) is 31.6 Å². The van der Waals surface area contributed by atoms with E-state index in [2.05, 4.69) is 11.4 Å². The van der Waals surface area contributed by atoms with E-state index in [0.29, 0.717) is 0 Å². The second kappa shape index (κ2) is 5.64. The maximum atomic E-state index is 10.0. The highest BCUT2D eigenvalue weighted by atomic mass is 32.1. The first kappa shape index (κ1) is 12.7. The number of aliphatic hydroxyl groups excluding tert-OH is 1. The fraction of sp³-hybridized carbons (Fsp3) is 0.667. The molecule has 86 valence electrons. The summed E-state index contributed by atoms with van der Waals surface area (Å²) >= 11 is 1.74. The van der Waals surface area contributed by atoms with Crippen molar-refractivity contribution in [2.24, 2.45) is 0 Å². The Kier molecular flexibility index (Phi) is 4.77. The molecule has 15 heavy (non-hydrogen) atoms. The summed E-state index contributed by atoms with van der Waals surface area (Å²) in [5, 5.41) is 12.1. The number of hydrogen-bond donors (Lipinski definition) is 1. The summed E-state index contributed by atoms with van der Waals surface area (Å²) in [5.74, 6) is 0. The van der Waals surface area contributed by atoms with Crippen molar-refractivity contribution in [3.8, 4) is 0 Å². The Labute approximate surface area is 95.9 Å². The molecule has 0 radical (unpaired) electrons. The van der Waals surface area contributed by atoms with E-state index in [0.717, 1.165) is 19.3 Å². The number of hydrogen-bond acceptors (Lipinski definition) is 3. The smallest absolute Gasteiger partial charge is 0.0905 e. The van der Waals surface area contributed by atoms with Crippen LogP contribution in [0.3, 0.4) is 0 Å². The van der Waals surface area contributed by atoms with E-state index in [9.17, 15) is 5.11 Å². The first-order valence-electron chi connectivity index (χ1n) is 5.38. The standard InChI is InChI=1S/C12H20O2S/c1-4-12(2,14-3)11(13)8-7-10-6-5-9-15-10/h5-6,9,11,13H,4,7-8H2,1-3H3. The van der Waals surface area contributed by atoms with Gasteiger partial charge in [-0.3, -0.25) is 0 Å². The second-order valence-electron chi connectivity index (χ2n) is 4.00. The summed E-state index contributed by atoms with van der Waals surface area (Å²) in [4.78, 5) is 1.32. The highest BCUT2D eigenvalue weighted by Crippen LogP contribution is 2.23. The molecule has 1 rings (SSSR count). The number of aryl methyl sites for hydroxylation is 1. The minimum absolute atomic E-state index is 0.394. The van der Waals surface area contributed by atoms with Crippen molar-refractivity contribution in [1.82, 2.24) is 0 Å². The highest BCUT2D eigenvalue weighted by Gasteiger charge is 2.30. The van der Waals surface area contributed by atoms with E-state index in [1.54, 1.807) is 18.4 Å². The van der Waals surface area contributed by atoms with Crippen molar-refractivity contribution in [3.63, 3.8) is 0 Å². The van der Waals surface area contributed by atoms with Gasteiger partial charge in [-0.2, -0.15) is 0 Å². The van der Waals surface area contributed by atoms with Crippen molar-refractivity contribution < 1.29 is 9.84 Å². The van der Waals surface area contributed by atoms with Gasteiger partial charge in [-0.15, -0.1) is 11.3 Å². The molecule has 2 unspecified atom stereocenters. The van der Waals surface area contributed by atoms with Crippen molar-refractivity contribution in [2.75, 3.05) is 7.11 Å². The van der Waals surface area contributed by atoms with E-state index < -0.39 is 11.7 Å². The molecule has 2 atom stereocenters. The third-order valence-corrected chi connectivity index (χ3v) is 4.05. The van der Waals surface area contributed by atoms with Crippen molar-refractivity contribution in [1.29, 1.82) is 0 Å². The lowest BCUT2D eigenvalue weighted by Crippen LogP contribution is -2.40. The molecule has 1 N–H and O–H groups in total. The SMILES string of the molecule is CCC(C)(OC)C(O)CCc1cccs1. The summed E-state index contributed by atoms with van der Waals surface area (Å²) in [6.07, 6.45) is 2.13. The summed E-state index contributed by atoms with van der Waals surface area (Å²) in [5.41, 5.74) is -0.405. The Morgan fingerprint density at radius 1 is 1.60 bits per heavy atom. The van der Waals surface area contributed by atoms with E-state index >= 15 is 0 Å². The Hall–Kier alpha value is -0.380. The maximum Gasteiger partial charge on any atom is 0.0905 e. The molecule has 0 aliphatic rings. The average molecular weight is 228 g/mol. The first-order chi connectivity index (χ1) is 7.12. The summed E-state index contributed by atoms with van der Waals surface area (Å²) in [6.45, 7) is 4.00. The quantitative estimate of drug-likeness (QED) is 0.811. The molecule has 0 amide bonds. The van der Waals surface area contributed by atoms with Crippen molar-refractivity contribution in [2.45, 2.75) is 44.8 Å². The molecule has 1 aromatic rings. The van der Waals surface area contributed by atoms with Crippen LogP contribution in [-0.4, -0.2) is 23.9 Å². The zero-order chi connectivity index (χ0) is 11.3. The van der Waals surface area contributed by atoms with Crippen LogP contribution >= 0.6 is 11.3 Å². The van der Waals surface area contributed by atoms with E-state index in [1.807, 2.05) is 19.9 Å². The maximum absolute atomic E-state index is 10.0. The lowest BCUT2D eigenvalue weighted by Gasteiger charge is -2.32. The molecule has 3 heteroatoms. The van der Waals surface area contributed by atoms with Gasteiger partial charge in [0.15, 0.2) is 0 Å². The molecule has 0 aliphatic carbocycles. The molecule has 1 heterocycles. The summed E-state index contributed by atoms with van der Waals surface area (Å²) < 4.78 is 5.37. The van der Waals surface area contributed by atoms with Crippen LogP contribution in [0, 0.1) is 0 Å². The zero-order valence-corrected chi connectivity index (χ0v) is 10.5. The summed E-state index contributed by atoms with van der Waals surface area (Å²) in [7, 11) is 1.66. The Morgan fingerprint density at radius 2 is 2.33 bits per heavy atom. The van der Waals surface area contributed by atoms with Crippen LogP contribution in [0.25, 0.3) is 0 Å². The molecule has 0 aromatic carbocycles. The molecule has 0 fully saturated rings. The van der Waals surface area contributed by atoms with Crippen LogP contribution in [0.2, 0.25) is 0 Å². The van der Waals surface area contributed by atoms with Crippen LogP contribution in [0.5, 0.6) is 0 Å². The third kappa shape index (κ3) is 3.30. The summed E-state index contributed by atoms with van der Waals surface area (Å²) in [6, 6.07) is 4.15. The van der Waals surface area contributed by atoms with Crippen LogP contribution < -0.4 is 0 Å². The molecule has 0 bridgehead atoms. The minimum atomic E-state index is -0.405. The van der Waals surface area contributed by atoms with Gasteiger partial charge in [0.1, 0.15) is 0 Å². The molecular weight excluding hydrogens is 208 g/mol. The highest BCUT2D eigenvalue weighted by molar-refractivity contribution is 7.09. The second-order valence-corrected chi connectivity index (χ2v) is 5.04. The molecule has 0 saturated heterocycles. The van der Waals surface area contributed by atoms with Gasteiger partial charge in [0.2, 0.25) is 0 Å². The number of rotatable bonds is 6. The topological polar surface area (TPSA) is 29.5 Å². The van der Waals surface area contributed by atoms with Crippen LogP contribution in [0.15, 0.2) is 17.5 Å². The molecule has 1 aromatic heterocycles. The number of aliphatic hydroxyl groups is 1. The first-order valence-corrected chi connectivity index (χ1v) is 6.26. The van der Waals surface area contributed by atoms with Crippen LogP contribution in [-0.2, 0) is 11.2 Å². The lowest BCUT2D eigenvalue weighted by molar-refractivity contribution is -0.0944. The van der Waals surface area contributed by atoms with Crippen molar-refractivity contribution >= 4 is 11.3 Å². The van der Waals surface area contributed by atoms with Gasteiger partial charge in [0.05, 0.1) is 11.7 Å². The molecule has 0 spiro atoms. The number of ether oxygens (including phenoxy) is 1. The average Bonchev–Trinajstić information content (AvgIpc) is 2.77. The number of methoxy groups -OCH3 is 1.